The normalized spacial score (nSPS) is 10.5. The summed E-state index contributed by atoms with van der Waals surface area (Å²) in [4.78, 5) is 24.0. The molecule has 104 valence electrons. The van der Waals surface area contributed by atoms with Crippen LogP contribution in [0.15, 0.2) is 41.8 Å². The van der Waals surface area contributed by atoms with Crippen molar-refractivity contribution in [1.29, 1.82) is 0 Å². The lowest BCUT2D eigenvalue weighted by molar-refractivity contribution is 0.0524. The van der Waals surface area contributed by atoms with Crippen LogP contribution in [0.4, 0.5) is 4.39 Å². The van der Waals surface area contributed by atoms with Crippen LogP contribution < -0.4 is 5.43 Å². The van der Waals surface area contributed by atoms with E-state index in [-0.39, 0.29) is 29.6 Å². The predicted molar refractivity (Wildman–Crippen MR) is 74.3 cm³/mol. The van der Waals surface area contributed by atoms with Crippen LogP contribution in [-0.2, 0) is 11.3 Å². The summed E-state index contributed by atoms with van der Waals surface area (Å²) in [5.74, 6) is -1.22. The number of para-hydroxylation sites is 1. The molecule has 0 amide bonds. The number of hydrogen-bond donors (Lipinski definition) is 0. The summed E-state index contributed by atoms with van der Waals surface area (Å²) in [6, 6.07) is 4.20. The minimum absolute atomic E-state index is 0.105. The summed E-state index contributed by atoms with van der Waals surface area (Å²) >= 11 is 0. The molecule has 0 spiro atoms. The van der Waals surface area contributed by atoms with Crippen molar-refractivity contribution in [3.8, 4) is 0 Å². The molecule has 0 aliphatic rings. The number of hydrogen-bond acceptors (Lipinski definition) is 3. The molecule has 0 fully saturated rings. The van der Waals surface area contributed by atoms with Crippen LogP contribution in [0.25, 0.3) is 10.9 Å². The molecule has 0 radical (unpaired) electrons. The van der Waals surface area contributed by atoms with Crippen molar-refractivity contribution >= 4 is 16.9 Å². The first kappa shape index (κ1) is 14.0. The second kappa shape index (κ2) is 5.69. The van der Waals surface area contributed by atoms with Crippen molar-refractivity contribution in [2.24, 2.45) is 0 Å². The number of esters is 1. The van der Waals surface area contributed by atoms with Gasteiger partial charge in [-0.1, -0.05) is 12.1 Å². The number of allylic oxidation sites excluding steroid dienone is 1. The fourth-order valence-corrected chi connectivity index (χ4v) is 2.05. The Bertz CT molecular complexity index is 734. The molecule has 0 aliphatic heterocycles. The number of nitrogens with zero attached hydrogens (tertiary/aromatic N) is 1. The van der Waals surface area contributed by atoms with Gasteiger partial charge in [-0.15, -0.1) is 6.58 Å². The Kier molecular flexibility index (Phi) is 3.98. The van der Waals surface area contributed by atoms with E-state index in [0.29, 0.717) is 0 Å². The number of benzene rings is 1. The summed E-state index contributed by atoms with van der Waals surface area (Å²) in [7, 11) is 0. The van der Waals surface area contributed by atoms with Crippen LogP contribution in [0.1, 0.15) is 17.3 Å². The van der Waals surface area contributed by atoms with E-state index in [0.717, 1.165) is 0 Å². The molecular weight excluding hydrogens is 261 g/mol. The molecule has 1 heterocycles. The van der Waals surface area contributed by atoms with Gasteiger partial charge in [0.05, 0.1) is 12.1 Å². The van der Waals surface area contributed by atoms with Crippen molar-refractivity contribution in [1.82, 2.24) is 4.57 Å². The number of halogens is 1. The average molecular weight is 275 g/mol. The Balaban J connectivity index is 2.80. The van der Waals surface area contributed by atoms with E-state index in [9.17, 15) is 14.0 Å². The summed E-state index contributed by atoms with van der Waals surface area (Å²) < 4.78 is 20.2. The molecule has 5 heteroatoms. The van der Waals surface area contributed by atoms with E-state index in [1.54, 1.807) is 13.0 Å². The van der Waals surface area contributed by atoms with E-state index in [2.05, 4.69) is 6.58 Å². The van der Waals surface area contributed by atoms with Gasteiger partial charge in [-0.25, -0.2) is 9.18 Å². The second-order valence-corrected chi connectivity index (χ2v) is 4.17. The fraction of sp³-hybridized carbons (Fsp3) is 0.200. The third-order valence-corrected chi connectivity index (χ3v) is 2.87. The highest BCUT2D eigenvalue weighted by Gasteiger charge is 2.17. The SMILES string of the molecule is C=CCn1cc(C(=O)OCC)c(=O)c2cccc(F)c21. The number of fused-ring (bicyclic) bond motifs is 1. The fourth-order valence-electron chi connectivity index (χ4n) is 2.05. The van der Waals surface area contributed by atoms with Crippen LogP contribution in [0.2, 0.25) is 0 Å². The van der Waals surface area contributed by atoms with Crippen LogP contribution in [0, 0.1) is 5.82 Å². The van der Waals surface area contributed by atoms with Crippen LogP contribution in [0.5, 0.6) is 0 Å². The first-order valence-corrected chi connectivity index (χ1v) is 6.19. The Morgan fingerprint density at radius 1 is 1.50 bits per heavy atom. The molecule has 0 aliphatic carbocycles. The van der Waals surface area contributed by atoms with Crippen molar-refractivity contribution in [3.05, 3.63) is 58.7 Å². The highest BCUT2D eigenvalue weighted by Crippen LogP contribution is 2.16. The molecule has 0 N–H and O–H groups in total. The van der Waals surface area contributed by atoms with Gasteiger partial charge in [0, 0.05) is 18.1 Å². The van der Waals surface area contributed by atoms with E-state index >= 15 is 0 Å². The van der Waals surface area contributed by atoms with E-state index in [1.807, 2.05) is 0 Å². The molecule has 0 saturated carbocycles. The monoisotopic (exact) mass is 275 g/mol. The molecule has 0 saturated heterocycles. The molecule has 0 unspecified atom stereocenters. The minimum atomic E-state index is -0.707. The van der Waals surface area contributed by atoms with E-state index in [4.69, 9.17) is 4.74 Å². The van der Waals surface area contributed by atoms with Crippen molar-refractivity contribution in [3.63, 3.8) is 0 Å². The molecule has 2 aromatic rings. The van der Waals surface area contributed by atoms with Crippen molar-refractivity contribution in [2.45, 2.75) is 13.5 Å². The molecular formula is C15H14FNO3. The summed E-state index contributed by atoms with van der Waals surface area (Å²) in [5.41, 5.74) is -0.476. The molecule has 4 nitrogen and oxygen atoms in total. The summed E-state index contributed by atoms with van der Waals surface area (Å²) in [6.45, 7) is 5.69. The molecule has 1 aromatic carbocycles. The number of carbonyl (C=O) groups is 1. The lowest BCUT2D eigenvalue weighted by Gasteiger charge is -2.11. The highest BCUT2D eigenvalue weighted by atomic mass is 19.1. The zero-order chi connectivity index (χ0) is 14.7. The average Bonchev–Trinajstić information content (AvgIpc) is 2.42. The molecule has 0 bridgehead atoms. The van der Waals surface area contributed by atoms with Gasteiger partial charge < -0.3 is 9.30 Å². The lowest BCUT2D eigenvalue weighted by Crippen LogP contribution is -2.21. The Morgan fingerprint density at radius 3 is 2.90 bits per heavy atom. The number of carbonyl (C=O) groups excluding carboxylic acids is 1. The summed E-state index contributed by atoms with van der Waals surface area (Å²) in [6.07, 6.45) is 2.87. The minimum Gasteiger partial charge on any atom is -0.462 e. The maximum atomic E-state index is 13.9. The van der Waals surface area contributed by atoms with Crippen molar-refractivity contribution in [2.75, 3.05) is 6.61 Å². The zero-order valence-corrected chi connectivity index (χ0v) is 11.1. The Labute approximate surface area is 115 Å². The second-order valence-electron chi connectivity index (χ2n) is 4.17. The van der Waals surface area contributed by atoms with Gasteiger partial charge in [-0.2, -0.15) is 0 Å². The van der Waals surface area contributed by atoms with Gasteiger partial charge in [0.15, 0.2) is 0 Å². The van der Waals surface area contributed by atoms with Crippen molar-refractivity contribution < 1.29 is 13.9 Å². The van der Waals surface area contributed by atoms with Gasteiger partial charge in [0.1, 0.15) is 11.4 Å². The van der Waals surface area contributed by atoms with Crippen LogP contribution in [-0.4, -0.2) is 17.1 Å². The number of pyridine rings is 1. The molecule has 2 rings (SSSR count). The van der Waals surface area contributed by atoms with Gasteiger partial charge >= 0.3 is 5.97 Å². The van der Waals surface area contributed by atoms with Crippen LogP contribution >= 0.6 is 0 Å². The van der Waals surface area contributed by atoms with E-state index in [1.165, 1.54) is 29.0 Å². The van der Waals surface area contributed by atoms with E-state index < -0.39 is 17.2 Å². The van der Waals surface area contributed by atoms with Gasteiger partial charge in [-0.05, 0) is 19.1 Å². The third-order valence-electron chi connectivity index (χ3n) is 2.87. The smallest absolute Gasteiger partial charge is 0.343 e. The van der Waals surface area contributed by atoms with Crippen LogP contribution in [0.3, 0.4) is 0 Å². The maximum absolute atomic E-state index is 13.9. The highest BCUT2D eigenvalue weighted by molar-refractivity contribution is 5.93. The molecule has 0 atom stereocenters. The first-order valence-electron chi connectivity index (χ1n) is 6.19. The standard InChI is InChI=1S/C15H14FNO3/c1-3-8-17-9-11(15(19)20-4-2)14(18)10-6-5-7-12(16)13(10)17/h3,5-7,9H,1,4,8H2,2H3. The Morgan fingerprint density at radius 2 is 2.25 bits per heavy atom. The molecule has 20 heavy (non-hydrogen) atoms. The topological polar surface area (TPSA) is 48.3 Å². The number of rotatable bonds is 4. The number of aromatic nitrogens is 1. The lowest BCUT2D eigenvalue weighted by atomic mass is 10.1. The van der Waals surface area contributed by atoms with Gasteiger partial charge in [0.25, 0.3) is 0 Å². The maximum Gasteiger partial charge on any atom is 0.343 e. The quantitative estimate of drug-likeness (QED) is 0.636. The van der Waals surface area contributed by atoms with Gasteiger partial charge in [-0.3, -0.25) is 4.79 Å². The molecule has 1 aromatic heterocycles. The predicted octanol–water partition coefficient (Wildman–Crippen LogP) is 2.50. The van der Waals surface area contributed by atoms with Gasteiger partial charge in [0.2, 0.25) is 5.43 Å². The number of ether oxygens (including phenoxy) is 1. The third kappa shape index (κ3) is 2.34. The Hall–Kier alpha value is -2.43. The summed E-state index contributed by atoms with van der Waals surface area (Å²) in [5, 5.41) is 0.150. The first-order chi connectivity index (χ1) is 9.60. The largest absolute Gasteiger partial charge is 0.462 e. The zero-order valence-electron chi connectivity index (χ0n) is 11.1.